The van der Waals surface area contributed by atoms with Crippen LogP contribution in [0, 0.1) is 0 Å². The number of anilines is 1. The predicted molar refractivity (Wildman–Crippen MR) is 75.8 cm³/mol. The number of allylic oxidation sites excluding steroid dienone is 1. The van der Waals surface area contributed by atoms with E-state index in [1.54, 1.807) is 36.4 Å². The van der Waals surface area contributed by atoms with Crippen molar-refractivity contribution in [2.75, 3.05) is 5.32 Å². The Morgan fingerprint density at radius 3 is 2.50 bits per heavy atom. The quantitative estimate of drug-likeness (QED) is 0.819. The number of aromatic carboxylic acids is 1. The number of carbonyl (C=O) groups excluding carboxylic acids is 1. The molecule has 98 valence electrons. The Bertz CT molecular complexity index is 747. The van der Waals surface area contributed by atoms with E-state index in [4.69, 9.17) is 5.11 Å². The summed E-state index contributed by atoms with van der Waals surface area (Å²) in [7, 11) is 0. The van der Waals surface area contributed by atoms with E-state index in [1.165, 1.54) is 6.07 Å². The van der Waals surface area contributed by atoms with Gasteiger partial charge in [-0.1, -0.05) is 30.3 Å². The molecule has 2 aromatic rings. The van der Waals surface area contributed by atoms with Gasteiger partial charge in [0.15, 0.2) is 0 Å². The molecule has 4 heteroatoms. The van der Waals surface area contributed by atoms with E-state index in [2.05, 4.69) is 5.32 Å². The van der Waals surface area contributed by atoms with Gasteiger partial charge in [-0.2, -0.15) is 0 Å². The zero-order valence-electron chi connectivity index (χ0n) is 10.5. The Morgan fingerprint density at radius 2 is 1.75 bits per heavy atom. The third-order valence-electron chi connectivity index (χ3n) is 3.18. The van der Waals surface area contributed by atoms with Crippen LogP contribution in [0.15, 0.2) is 54.2 Å². The second-order valence-electron chi connectivity index (χ2n) is 4.45. The number of fused-ring (bicyclic) bond motifs is 1. The zero-order valence-corrected chi connectivity index (χ0v) is 10.5. The molecule has 20 heavy (non-hydrogen) atoms. The molecule has 0 aliphatic carbocycles. The number of nitrogens with one attached hydrogen (secondary N) is 1. The van der Waals surface area contributed by atoms with Gasteiger partial charge in [0, 0.05) is 11.3 Å². The first-order chi connectivity index (χ1) is 9.66. The maximum Gasteiger partial charge on any atom is 0.336 e. The molecule has 3 rings (SSSR count). The molecule has 0 atom stereocenters. The number of ketones is 1. The Morgan fingerprint density at radius 1 is 1.05 bits per heavy atom. The maximum absolute atomic E-state index is 12.2. The minimum Gasteiger partial charge on any atom is -0.478 e. The molecule has 0 bridgehead atoms. The molecule has 4 nitrogen and oxygen atoms in total. The van der Waals surface area contributed by atoms with Gasteiger partial charge in [-0.25, -0.2) is 4.79 Å². The van der Waals surface area contributed by atoms with Crippen molar-refractivity contribution in [2.45, 2.75) is 0 Å². The number of para-hydroxylation sites is 1. The van der Waals surface area contributed by atoms with Gasteiger partial charge in [0.05, 0.1) is 11.3 Å². The molecular weight excluding hydrogens is 254 g/mol. The summed E-state index contributed by atoms with van der Waals surface area (Å²) >= 11 is 0. The number of hydrogen-bond acceptors (Lipinski definition) is 3. The first-order valence-corrected chi connectivity index (χ1v) is 6.11. The van der Waals surface area contributed by atoms with E-state index in [1.807, 2.05) is 12.1 Å². The molecule has 1 aliphatic rings. The van der Waals surface area contributed by atoms with Crippen molar-refractivity contribution in [3.05, 3.63) is 70.9 Å². The molecular formula is C16H11NO3. The van der Waals surface area contributed by atoms with Crippen LogP contribution in [0.4, 0.5) is 5.69 Å². The summed E-state index contributed by atoms with van der Waals surface area (Å²) in [4.78, 5) is 23.4. The van der Waals surface area contributed by atoms with Crippen molar-refractivity contribution in [1.82, 2.24) is 0 Å². The molecule has 1 heterocycles. The van der Waals surface area contributed by atoms with Crippen LogP contribution in [0.5, 0.6) is 0 Å². The summed E-state index contributed by atoms with van der Waals surface area (Å²) in [6.07, 6.45) is 1.58. The molecule has 0 saturated heterocycles. The highest BCUT2D eigenvalue weighted by Gasteiger charge is 2.24. The first-order valence-electron chi connectivity index (χ1n) is 6.11. The molecule has 0 radical (unpaired) electrons. The molecule has 0 amide bonds. The van der Waals surface area contributed by atoms with Gasteiger partial charge < -0.3 is 10.4 Å². The fourth-order valence-electron chi connectivity index (χ4n) is 2.21. The number of benzene rings is 2. The first kappa shape index (κ1) is 12.2. The van der Waals surface area contributed by atoms with Gasteiger partial charge in [0.1, 0.15) is 0 Å². The number of hydrogen-bond donors (Lipinski definition) is 2. The van der Waals surface area contributed by atoms with Crippen LogP contribution in [-0.4, -0.2) is 16.9 Å². The number of carboxylic acid groups (broad SMARTS) is 1. The standard InChI is InChI=1S/C16H11NO3/c18-15-12-7-3-4-8-13(12)17-14(15)9-10-5-1-2-6-11(10)16(19)20/h1-9,17H,(H,19,20)/b14-9-. The van der Waals surface area contributed by atoms with Gasteiger partial charge >= 0.3 is 5.97 Å². The lowest BCUT2D eigenvalue weighted by Gasteiger charge is -2.02. The summed E-state index contributed by atoms with van der Waals surface area (Å²) in [5, 5.41) is 12.2. The Hall–Kier alpha value is -2.88. The zero-order chi connectivity index (χ0) is 14.1. The Kier molecular flexibility index (Phi) is 2.84. The van der Waals surface area contributed by atoms with Crippen LogP contribution in [0.25, 0.3) is 6.08 Å². The summed E-state index contributed by atoms with van der Waals surface area (Å²) < 4.78 is 0. The van der Waals surface area contributed by atoms with Crippen LogP contribution in [-0.2, 0) is 0 Å². The Labute approximate surface area is 115 Å². The van der Waals surface area contributed by atoms with E-state index in [9.17, 15) is 9.59 Å². The van der Waals surface area contributed by atoms with Gasteiger partial charge in [0.2, 0.25) is 5.78 Å². The number of carbonyl (C=O) groups is 2. The summed E-state index contributed by atoms with van der Waals surface area (Å²) in [5.41, 5.74) is 2.41. The molecule has 0 saturated carbocycles. The average molecular weight is 265 g/mol. The van der Waals surface area contributed by atoms with E-state index in [-0.39, 0.29) is 11.3 Å². The topological polar surface area (TPSA) is 66.4 Å². The Balaban J connectivity index is 2.04. The molecule has 0 spiro atoms. The smallest absolute Gasteiger partial charge is 0.336 e. The fraction of sp³-hybridized carbons (Fsp3) is 0. The molecule has 0 unspecified atom stereocenters. The highest BCUT2D eigenvalue weighted by Crippen LogP contribution is 2.29. The van der Waals surface area contributed by atoms with Gasteiger partial charge in [-0.05, 0) is 29.8 Å². The second-order valence-corrected chi connectivity index (χ2v) is 4.45. The largest absolute Gasteiger partial charge is 0.478 e. The monoisotopic (exact) mass is 265 g/mol. The molecule has 0 fully saturated rings. The van der Waals surface area contributed by atoms with Crippen LogP contribution >= 0.6 is 0 Å². The van der Waals surface area contributed by atoms with Crippen molar-refractivity contribution >= 4 is 23.5 Å². The summed E-state index contributed by atoms with van der Waals surface area (Å²) in [6, 6.07) is 13.8. The molecule has 2 N–H and O–H groups in total. The number of rotatable bonds is 2. The lowest BCUT2D eigenvalue weighted by atomic mass is 10.0. The fourth-order valence-corrected chi connectivity index (χ4v) is 2.21. The lowest BCUT2D eigenvalue weighted by molar-refractivity contribution is 0.0696. The van der Waals surface area contributed by atoms with Crippen molar-refractivity contribution in [1.29, 1.82) is 0 Å². The van der Waals surface area contributed by atoms with Crippen LogP contribution < -0.4 is 5.32 Å². The number of Topliss-reactive ketones (excluding diaryl/α,β-unsaturated/α-hetero) is 1. The van der Waals surface area contributed by atoms with Gasteiger partial charge in [0.25, 0.3) is 0 Å². The van der Waals surface area contributed by atoms with Gasteiger partial charge in [-0.3, -0.25) is 4.79 Å². The normalized spacial score (nSPS) is 15.0. The van der Waals surface area contributed by atoms with E-state index < -0.39 is 5.97 Å². The van der Waals surface area contributed by atoms with Crippen LogP contribution in [0.1, 0.15) is 26.3 Å². The van der Waals surface area contributed by atoms with Crippen LogP contribution in [0.2, 0.25) is 0 Å². The maximum atomic E-state index is 12.2. The van der Waals surface area contributed by atoms with Crippen molar-refractivity contribution < 1.29 is 14.7 Å². The molecule has 1 aliphatic heterocycles. The minimum absolute atomic E-state index is 0.124. The van der Waals surface area contributed by atoms with Gasteiger partial charge in [-0.15, -0.1) is 0 Å². The highest BCUT2D eigenvalue weighted by molar-refractivity contribution is 6.20. The summed E-state index contributed by atoms with van der Waals surface area (Å²) in [6.45, 7) is 0. The van der Waals surface area contributed by atoms with E-state index in [0.717, 1.165) is 5.69 Å². The lowest BCUT2D eigenvalue weighted by Crippen LogP contribution is -2.03. The van der Waals surface area contributed by atoms with Crippen molar-refractivity contribution in [3.63, 3.8) is 0 Å². The van der Waals surface area contributed by atoms with Crippen molar-refractivity contribution in [3.8, 4) is 0 Å². The average Bonchev–Trinajstić information content (AvgIpc) is 2.76. The number of carboxylic acids is 1. The van der Waals surface area contributed by atoms with E-state index in [0.29, 0.717) is 16.8 Å². The summed E-state index contributed by atoms with van der Waals surface area (Å²) in [5.74, 6) is -1.14. The SMILES string of the molecule is O=C(O)c1ccccc1/C=C1\Nc2ccccc2C1=O. The second kappa shape index (κ2) is 4.66. The minimum atomic E-state index is -1.01. The third-order valence-corrected chi connectivity index (χ3v) is 3.18. The molecule has 2 aromatic carbocycles. The van der Waals surface area contributed by atoms with Crippen molar-refractivity contribution in [2.24, 2.45) is 0 Å². The molecule has 0 aromatic heterocycles. The predicted octanol–water partition coefficient (Wildman–Crippen LogP) is 3.03. The third kappa shape index (κ3) is 1.97. The highest BCUT2D eigenvalue weighted by atomic mass is 16.4. The van der Waals surface area contributed by atoms with E-state index >= 15 is 0 Å². The van der Waals surface area contributed by atoms with Crippen LogP contribution in [0.3, 0.4) is 0 Å².